The van der Waals surface area contributed by atoms with Crippen molar-refractivity contribution >= 4 is 17.4 Å². The van der Waals surface area contributed by atoms with Crippen LogP contribution in [0.5, 0.6) is 0 Å². The first kappa shape index (κ1) is 16.7. The van der Waals surface area contributed by atoms with Gasteiger partial charge in [0.05, 0.1) is 0 Å². The topological polar surface area (TPSA) is 46.2 Å². The Morgan fingerprint density at radius 2 is 1.91 bits per heavy atom. The number of hydrogen-bond donors (Lipinski definition) is 1. The van der Waals surface area contributed by atoms with Gasteiger partial charge in [-0.15, -0.1) is 0 Å². The highest BCUT2D eigenvalue weighted by molar-refractivity contribution is 5.97. The van der Waals surface area contributed by atoms with Gasteiger partial charge in [-0.1, -0.05) is 38.3 Å². The lowest BCUT2D eigenvalue weighted by Crippen LogP contribution is -2.27. The molecule has 1 N–H and O–H groups in total. The average Bonchev–Trinajstić information content (AvgIpc) is 2.53. The number of hydrogen-bond acceptors (Lipinski definition) is 2. The maximum absolute atomic E-state index is 12.4. The number of anilines is 1. The first-order chi connectivity index (χ1) is 10.6. The first-order valence-electron chi connectivity index (χ1n) is 8.52. The molecule has 0 aliphatic heterocycles. The molecule has 120 valence electrons. The van der Waals surface area contributed by atoms with E-state index in [0.717, 1.165) is 24.4 Å². The molecule has 1 aromatic rings. The lowest BCUT2D eigenvalue weighted by molar-refractivity contribution is -0.121. The number of benzene rings is 1. The minimum absolute atomic E-state index is 0.0209. The van der Waals surface area contributed by atoms with Crippen LogP contribution in [0.2, 0.25) is 0 Å². The second-order valence-electron chi connectivity index (χ2n) is 6.49. The summed E-state index contributed by atoms with van der Waals surface area (Å²) in [4.78, 5) is 23.8. The quantitative estimate of drug-likeness (QED) is 0.765. The smallest absolute Gasteiger partial charge is 0.227 e. The van der Waals surface area contributed by atoms with E-state index in [-0.39, 0.29) is 17.6 Å². The van der Waals surface area contributed by atoms with E-state index in [1.54, 1.807) is 19.1 Å². The zero-order chi connectivity index (χ0) is 15.9. The summed E-state index contributed by atoms with van der Waals surface area (Å²) in [5, 5.41) is 2.97. The van der Waals surface area contributed by atoms with Gasteiger partial charge in [-0.25, -0.2) is 0 Å². The maximum atomic E-state index is 12.4. The second-order valence-corrected chi connectivity index (χ2v) is 6.49. The number of amides is 1. The van der Waals surface area contributed by atoms with Gasteiger partial charge < -0.3 is 5.32 Å². The summed E-state index contributed by atoms with van der Waals surface area (Å²) in [5.74, 6) is 1.06. The Kier molecular flexibility index (Phi) is 6.17. The Hall–Kier alpha value is -1.64. The van der Waals surface area contributed by atoms with Crippen molar-refractivity contribution < 1.29 is 9.59 Å². The van der Waals surface area contributed by atoms with E-state index >= 15 is 0 Å². The molecule has 0 radical (unpaired) electrons. The molecule has 0 atom stereocenters. The average molecular weight is 301 g/mol. The summed E-state index contributed by atoms with van der Waals surface area (Å²) in [6, 6.07) is 7.19. The number of carbonyl (C=O) groups is 2. The van der Waals surface area contributed by atoms with E-state index in [1.165, 1.54) is 32.1 Å². The van der Waals surface area contributed by atoms with Crippen molar-refractivity contribution in [3.8, 4) is 0 Å². The highest BCUT2D eigenvalue weighted by Crippen LogP contribution is 2.32. The number of Topliss-reactive ketones (excluding diaryl/α,β-unsaturated/α-hetero) is 1. The third-order valence-corrected chi connectivity index (χ3v) is 4.72. The molecule has 1 aliphatic carbocycles. The van der Waals surface area contributed by atoms with Gasteiger partial charge in [-0.3, -0.25) is 9.59 Å². The van der Waals surface area contributed by atoms with E-state index < -0.39 is 0 Å². The van der Waals surface area contributed by atoms with Gasteiger partial charge >= 0.3 is 0 Å². The molecule has 3 nitrogen and oxygen atoms in total. The molecule has 0 aromatic heterocycles. The zero-order valence-electron chi connectivity index (χ0n) is 13.7. The Morgan fingerprint density at radius 3 is 2.55 bits per heavy atom. The SMILES string of the molecule is CCCCC1CCC(C(=O)Nc2cccc(C(C)=O)c2)CC1. The Morgan fingerprint density at radius 1 is 1.18 bits per heavy atom. The van der Waals surface area contributed by atoms with Crippen LogP contribution in [-0.2, 0) is 4.79 Å². The van der Waals surface area contributed by atoms with Crippen LogP contribution in [0.3, 0.4) is 0 Å². The fourth-order valence-corrected chi connectivity index (χ4v) is 3.27. The molecular formula is C19H27NO2. The van der Waals surface area contributed by atoms with Crippen LogP contribution >= 0.6 is 0 Å². The third-order valence-electron chi connectivity index (χ3n) is 4.72. The van der Waals surface area contributed by atoms with Gasteiger partial charge in [0, 0.05) is 17.2 Å². The largest absolute Gasteiger partial charge is 0.326 e. The van der Waals surface area contributed by atoms with Crippen molar-refractivity contribution in [2.45, 2.75) is 58.8 Å². The monoisotopic (exact) mass is 301 g/mol. The highest BCUT2D eigenvalue weighted by atomic mass is 16.2. The van der Waals surface area contributed by atoms with E-state index in [1.807, 2.05) is 12.1 Å². The molecule has 0 spiro atoms. The fourth-order valence-electron chi connectivity index (χ4n) is 3.27. The zero-order valence-corrected chi connectivity index (χ0v) is 13.7. The van der Waals surface area contributed by atoms with Gasteiger partial charge in [0.25, 0.3) is 0 Å². The molecule has 3 heteroatoms. The van der Waals surface area contributed by atoms with Crippen LogP contribution < -0.4 is 5.32 Å². The second kappa shape index (κ2) is 8.11. The van der Waals surface area contributed by atoms with Crippen LogP contribution in [0.4, 0.5) is 5.69 Å². The summed E-state index contributed by atoms with van der Waals surface area (Å²) in [6.07, 6.45) is 8.20. The van der Waals surface area contributed by atoms with E-state index in [4.69, 9.17) is 0 Å². The van der Waals surface area contributed by atoms with Gasteiger partial charge in [0.2, 0.25) is 5.91 Å². The van der Waals surface area contributed by atoms with E-state index in [2.05, 4.69) is 12.2 Å². The molecule has 0 saturated heterocycles. The molecule has 2 rings (SSSR count). The van der Waals surface area contributed by atoms with Crippen molar-refractivity contribution in [1.29, 1.82) is 0 Å². The molecule has 1 saturated carbocycles. The summed E-state index contributed by atoms with van der Waals surface area (Å²) < 4.78 is 0. The molecule has 0 unspecified atom stereocenters. The lowest BCUT2D eigenvalue weighted by Gasteiger charge is -2.27. The maximum Gasteiger partial charge on any atom is 0.227 e. The number of nitrogens with one attached hydrogen (secondary N) is 1. The van der Waals surface area contributed by atoms with Crippen molar-refractivity contribution in [1.82, 2.24) is 0 Å². The number of unbranched alkanes of at least 4 members (excludes halogenated alkanes) is 1. The Labute approximate surface area is 133 Å². The molecule has 22 heavy (non-hydrogen) atoms. The molecule has 0 bridgehead atoms. The summed E-state index contributed by atoms with van der Waals surface area (Å²) >= 11 is 0. The first-order valence-corrected chi connectivity index (χ1v) is 8.52. The number of ketones is 1. The highest BCUT2D eigenvalue weighted by Gasteiger charge is 2.26. The summed E-state index contributed by atoms with van der Waals surface area (Å²) in [5.41, 5.74) is 1.37. The normalized spacial score (nSPS) is 21.4. The Balaban J connectivity index is 1.85. The summed E-state index contributed by atoms with van der Waals surface area (Å²) in [6.45, 7) is 3.77. The molecule has 1 aliphatic rings. The van der Waals surface area contributed by atoms with Gasteiger partial charge in [0.15, 0.2) is 5.78 Å². The molecule has 1 aromatic carbocycles. The lowest BCUT2D eigenvalue weighted by atomic mass is 9.79. The third kappa shape index (κ3) is 4.69. The van der Waals surface area contributed by atoms with Crippen molar-refractivity contribution in [2.75, 3.05) is 5.32 Å². The number of carbonyl (C=O) groups excluding carboxylic acids is 2. The minimum atomic E-state index is 0.0209. The van der Waals surface area contributed by atoms with Crippen LogP contribution in [0, 0.1) is 11.8 Å². The van der Waals surface area contributed by atoms with Crippen LogP contribution in [0.1, 0.15) is 69.2 Å². The van der Waals surface area contributed by atoms with Crippen LogP contribution in [0.25, 0.3) is 0 Å². The number of rotatable bonds is 6. The molecular weight excluding hydrogens is 274 g/mol. The van der Waals surface area contributed by atoms with Gasteiger partial charge in [0.1, 0.15) is 0 Å². The van der Waals surface area contributed by atoms with Crippen molar-refractivity contribution in [3.63, 3.8) is 0 Å². The predicted octanol–water partition coefficient (Wildman–Crippen LogP) is 4.82. The van der Waals surface area contributed by atoms with E-state index in [9.17, 15) is 9.59 Å². The van der Waals surface area contributed by atoms with Gasteiger partial charge in [-0.05, 0) is 50.7 Å². The van der Waals surface area contributed by atoms with Crippen molar-refractivity contribution in [3.05, 3.63) is 29.8 Å². The van der Waals surface area contributed by atoms with Crippen LogP contribution in [-0.4, -0.2) is 11.7 Å². The predicted molar refractivity (Wildman–Crippen MR) is 90.0 cm³/mol. The Bertz CT molecular complexity index is 516. The van der Waals surface area contributed by atoms with Crippen LogP contribution in [0.15, 0.2) is 24.3 Å². The fraction of sp³-hybridized carbons (Fsp3) is 0.579. The summed E-state index contributed by atoms with van der Waals surface area (Å²) in [7, 11) is 0. The molecule has 1 amide bonds. The molecule has 1 fully saturated rings. The van der Waals surface area contributed by atoms with Crippen molar-refractivity contribution in [2.24, 2.45) is 11.8 Å². The molecule has 0 heterocycles. The standard InChI is InChI=1S/C19H27NO2/c1-3-4-6-15-9-11-16(12-10-15)19(22)20-18-8-5-7-17(13-18)14(2)21/h5,7-8,13,15-16H,3-4,6,9-12H2,1-2H3,(H,20,22). The van der Waals surface area contributed by atoms with Gasteiger partial charge in [-0.2, -0.15) is 0 Å². The van der Waals surface area contributed by atoms with E-state index in [0.29, 0.717) is 5.56 Å². The minimum Gasteiger partial charge on any atom is -0.326 e.